The molecule has 152 valence electrons. The number of esters is 1. The van der Waals surface area contributed by atoms with Crippen molar-refractivity contribution in [2.45, 2.75) is 37.5 Å². The van der Waals surface area contributed by atoms with E-state index in [2.05, 4.69) is 14.9 Å². The average Bonchev–Trinajstić information content (AvgIpc) is 3.48. The van der Waals surface area contributed by atoms with Crippen LogP contribution in [0.4, 0.5) is 11.4 Å². The number of anilines is 1. The number of rotatable bonds is 6. The molecule has 2 aliphatic rings. The summed E-state index contributed by atoms with van der Waals surface area (Å²) in [5, 5.41) is 15.8. The fourth-order valence-electron chi connectivity index (χ4n) is 3.61. The third kappa shape index (κ3) is 4.28. The second-order valence-corrected chi connectivity index (χ2v) is 7.41. The van der Waals surface area contributed by atoms with Crippen LogP contribution in [0, 0.1) is 10.1 Å². The third-order valence-electron chi connectivity index (χ3n) is 5.32. The Kier molecular flexibility index (Phi) is 5.28. The topological polar surface area (TPSA) is 112 Å². The molecule has 9 nitrogen and oxygen atoms in total. The van der Waals surface area contributed by atoms with Gasteiger partial charge in [-0.1, -0.05) is 11.2 Å². The molecule has 0 bridgehead atoms. The molecule has 1 aliphatic heterocycles. The molecular weight excluding hydrogens is 376 g/mol. The van der Waals surface area contributed by atoms with Crippen LogP contribution >= 0.6 is 0 Å². The zero-order chi connectivity index (χ0) is 20.4. The Bertz CT molecular complexity index is 950. The minimum absolute atomic E-state index is 0.00412. The number of carbonyl (C=O) groups is 1. The van der Waals surface area contributed by atoms with Crippen LogP contribution < -0.4 is 4.90 Å². The van der Waals surface area contributed by atoms with Crippen molar-refractivity contribution >= 4 is 23.4 Å². The highest BCUT2D eigenvalue weighted by molar-refractivity contribution is 5.87. The molecule has 0 amide bonds. The molecule has 1 aliphatic carbocycles. The molecule has 0 radical (unpaired) electrons. The molecule has 2 heterocycles. The molecule has 2 aromatic rings. The summed E-state index contributed by atoms with van der Waals surface area (Å²) in [5.41, 5.74) is 1.12. The van der Waals surface area contributed by atoms with Gasteiger partial charge in [0.2, 0.25) is 5.89 Å². The van der Waals surface area contributed by atoms with Gasteiger partial charge in [0.1, 0.15) is 5.69 Å². The minimum Gasteiger partial charge on any atom is -0.466 e. The summed E-state index contributed by atoms with van der Waals surface area (Å²) in [5.74, 6) is 1.38. The van der Waals surface area contributed by atoms with Crippen molar-refractivity contribution in [2.75, 3.05) is 25.1 Å². The van der Waals surface area contributed by atoms with E-state index in [0.29, 0.717) is 35.4 Å². The van der Waals surface area contributed by atoms with Crippen molar-refractivity contribution in [1.29, 1.82) is 0 Å². The lowest BCUT2D eigenvalue weighted by molar-refractivity contribution is -0.384. The first kappa shape index (κ1) is 19.1. The number of carbonyl (C=O) groups excluding carboxylic acids is 1. The van der Waals surface area contributed by atoms with Gasteiger partial charge >= 0.3 is 5.97 Å². The Morgan fingerprint density at radius 2 is 2.17 bits per heavy atom. The minimum atomic E-state index is -0.513. The van der Waals surface area contributed by atoms with E-state index in [0.717, 1.165) is 32.2 Å². The highest BCUT2D eigenvalue weighted by Gasteiger charge is 2.33. The second kappa shape index (κ2) is 8.02. The van der Waals surface area contributed by atoms with Crippen LogP contribution in [0.15, 0.2) is 28.8 Å². The molecule has 2 fully saturated rings. The molecule has 29 heavy (non-hydrogen) atoms. The lowest BCUT2D eigenvalue weighted by atomic mass is 9.96. The second-order valence-electron chi connectivity index (χ2n) is 7.41. The predicted octanol–water partition coefficient (Wildman–Crippen LogP) is 3.43. The van der Waals surface area contributed by atoms with Gasteiger partial charge in [0.25, 0.3) is 5.69 Å². The fourth-order valence-corrected chi connectivity index (χ4v) is 3.61. The number of ether oxygens (including phenoxy) is 1. The van der Waals surface area contributed by atoms with Crippen LogP contribution in [0.1, 0.15) is 54.8 Å². The number of aromatic nitrogens is 2. The zero-order valence-corrected chi connectivity index (χ0v) is 16.1. The molecule has 1 saturated heterocycles. The van der Waals surface area contributed by atoms with Gasteiger partial charge in [0, 0.05) is 37.1 Å². The van der Waals surface area contributed by atoms with Crippen LogP contribution in [0.5, 0.6) is 0 Å². The van der Waals surface area contributed by atoms with E-state index in [4.69, 9.17) is 4.52 Å². The molecule has 0 N–H and O–H groups in total. The maximum absolute atomic E-state index is 11.7. The van der Waals surface area contributed by atoms with Crippen molar-refractivity contribution < 1.29 is 19.0 Å². The van der Waals surface area contributed by atoms with Gasteiger partial charge < -0.3 is 14.2 Å². The molecule has 0 spiro atoms. The summed E-state index contributed by atoms with van der Waals surface area (Å²) in [6.45, 7) is 1.32. The van der Waals surface area contributed by atoms with E-state index >= 15 is 0 Å². The summed E-state index contributed by atoms with van der Waals surface area (Å²) >= 11 is 0. The Morgan fingerprint density at radius 3 is 2.90 bits per heavy atom. The highest BCUT2D eigenvalue weighted by Crippen LogP contribution is 2.40. The molecule has 1 unspecified atom stereocenters. The Labute approximate surface area is 167 Å². The van der Waals surface area contributed by atoms with Gasteiger partial charge in [-0.05, 0) is 43.4 Å². The molecule has 1 aromatic heterocycles. The molecular formula is C20H22N4O5. The number of nitro groups is 1. The standard InChI is InChI=1S/C20H22N4O5/c1-28-18(25)9-5-13-4-8-16(17(11-13)24(26)27)23-10-2-3-15(12-23)19-21-20(29-22-19)14-6-7-14/h4-5,8-9,11,14-15H,2-3,6-7,10,12H2,1H3. The number of piperidine rings is 1. The van der Waals surface area contributed by atoms with Gasteiger partial charge in [0.15, 0.2) is 5.82 Å². The lowest BCUT2D eigenvalue weighted by Gasteiger charge is -2.32. The Balaban J connectivity index is 1.54. The summed E-state index contributed by atoms with van der Waals surface area (Å²) < 4.78 is 9.94. The van der Waals surface area contributed by atoms with Gasteiger partial charge in [0.05, 0.1) is 12.0 Å². The van der Waals surface area contributed by atoms with Gasteiger partial charge in [-0.2, -0.15) is 4.98 Å². The molecule has 1 atom stereocenters. The number of hydrogen-bond donors (Lipinski definition) is 0. The number of benzene rings is 1. The monoisotopic (exact) mass is 398 g/mol. The van der Waals surface area contributed by atoms with Crippen LogP contribution in [0.2, 0.25) is 0 Å². The van der Waals surface area contributed by atoms with E-state index in [1.54, 1.807) is 12.1 Å². The smallest absolute Gasteiger partial charge is 0.330 e. The van der Waals surface area contributed by atoms with Crippen LogP contribution in [-0.2, 0) is 9.53 Å². The third-order valence-corrected chi connectivity index (χ3v) is 5.32. The van der Waals surface area contributed by atoms with Crippen LogP contribution in [0.25, 0.3) is 6.08 Å². The normalized spacial score (nSPS) is 19.5. The van der Waals surface area contributed by atoms with Crippen LogP contribution in [-0.4, -0.2) is 41.2 Å². The summed E-state index contributed by atoms with van der Waals surface area (Å²) in [6.07, 6.45) is 6.75. The van der Waals surface area contributed by atoms with Crippen molar-refractivity contribution in [2.24, 2.45) is 0 Å². The maximum Gasteiger partial charge on any atom is 0.330 e. The van der Waals surface area contributed by atoms with E-state index in [-0.39, 0.29) is 11.6 Å². The largest absolute Gasteiger partial charge is 0.466 e. The molecule has 4 rings (SSSR count). The summed E-state index contributed by atoms with van der Waals surface area (Å²) in [6, 6.07) is 4.95. The summed E-state index contributed by atoms with van der Waals surface area (Å²) in [4.78, 5) is 29.1. The van der Waals surface area contributed by atoms with Crippen molar-refractivity contribution in [3.63, 3.8) is 0 Å². The Morgan fingerprint density at radius 1 is 1.34 bits per heavy atom. The number of methoxy groups -OCH3 is 1. The van der Waals surface area contributed by atoms with E-state index in [1.807, 2.05) is 4.90 Å². The first-order chi connectivity index (χ1) is 14.0. The maximum atomic E-state index is 11.7. The number of hydrogen-bond acceptors (Lipinski definition) is 8. The Hall–Kier alpha value is -3.23. The van der Waals surface area contributed by atoms with Crippen LogP contribution in [0.3, 0.4) is 0 Å². The average molecular weight is 398 g/mol. The molecule has 1 saturated carbocycles. The summed E-state index contributed by atoms with van der Waals surface area (Å²) in [7, 11) is 1.28. The first-order valence-electron chi connectivity index (χ1n) is 9.68. The first-order valence-corrected chi connectivity index (χ1v) is 9.68. The van der Waals surface area contributed by atoms with E-state index in [1.165, 1.54) is 25.3 Å². The quantitative estimate of drug-likeness (QED) is 0.315. The van der Waals surface area contributed by atoms with Gasteiger partial charge in [-0.25, -0.2) is 4.79 Å². The number of nitro benzene ring substituents is 1. The van der Waals surface area contributed by atoms with Crippen molar-refractivity contribution in [3.05, 3.63) is 51.7 Å². The van der Waals surface area contributed by atoms with Gasteiger partial charge in [-0.15, -0.1) is 0 Å². The zero-order valence-electron chi connectivity index (χ0n) is 16.1. The molecule has 9 heteroatoms. The highest BCUT2D eigenvalue weighted by atomic mass is 16.6. The fraction of sp³-hybridized carbons (Fsp3) is 0.450. The molecule has 1 aromatic carbocycles. The van der Waals surface area contributed by atoms with Crippen molar-refractivity contribution in [1.82, 2.24) is 10.1 Å². The van der Waals surface area contributed by atoms with Gasteiger partial charge in [-0.3, -0.25) is 10.1 Å². The number of nitrogens with zero attached hydrogens (tertiary/aromatic N) is 4. The lowest BCUT2D eigenvalue weighted by Crippen LogP contribution is -2.35. The van der Waals surface area contributed by atoms with E-state index in [9.17, 15) is 14.9 Å². The van der Waals surface area contributed by atoms with Crippen molar-refractivity contribution in [3.8, 4) is 0 Å². The predicted molar refractivity (Wildman–Crippen MR) is 105 cm³/mol. The van der Waals surface area contributed by atoms with E-state index < -0.39 is 10.9 Å². The SMILES string of the molecule is COC(=O)C=Cc1ccc(N2CCCC(c3noc(C4CC4)n3)C2)c([N+](=O)[O-])c1.